The Kier molecular flexibility index (Phi) is 4.76. The van der Waals surface area contributed by atoms with E-state index in [-0.39, 0.29) is 29.7 Å². The molecule has 5 nitrogen and oxygen atoms in total. The van der Waals surface area contributed by atoms with E-state index in [1.807, 2.05) is 0 Å². The summed E-state index contributed by atoms with van der Waals surface area (Å²) in [6, 6.07) is 4.11. The molecule has 7 heteroatoms. The Morgan fingerprint density at radius 2 is 2.18 bits per heavy atom. The first-order valence-electron chi connectivity index (χ1n) is 5.02. The van der Waals surface area contributed by atoms with Crippen molar-refractivity contribution in [1.29, 1.82) is 0 Å². The molecular weight excluding hydrogens is 264 g/mol. The predicted octanol–water partition coefficient (Wildman–Crippen LogP) is 0.829. The van der Waals surface area contributed by atoms with Crippen molar-refractivity contribution >= 4 is 27.3 Å². The Morgan fingerprint density at radius 1 is 1.53 bits per heavy atom. The van der Waals surface area contributed by atoms with Gasteiger partial charge < -0.3 is 10.8 Å². The van der Waals surface area contributed by atoms with Crippen LogP contribution in [0.15, 0.2) is 23.1 Å². The largest absolute Gasteiger partial charge is 0.397 e. The summed E-state index contributed by atoms with van der Waals surface area (Å²) in [6.07, 6.45) is 0. The lowest BCUT2D eigenvalue weighted by atomic mass is 10.2. The topological polar surface area (TPSA) is 92.4 Å². The van der Waals surface area contributed by atoms with E-state index >= 15 is 0 Å². The predicted molar refractivity (Wildman–Crippen MR) is 67.3 cm³/mol. The minimum atomic E-state index is -3.60. The number of halogens is 1. The lowest BCUT2D eigenvalue weighted by molar-refractivity contribution is 0.238. The quantitative estimate of drug-likeness (QED) is 0.696. The molecule has 0 radical (unpaired) electrons. The van der Waals surface area contributed by atoms with Gasteiger partial charge in [0.15, 0.2) is 0 Å². The van der Waals surface area contributed by atoms with Crippen LogP contribution in [0.1, 0.15) is 6.92 Å². The van der Waals surface area contributed by atoms with Gasteiger partial charge in [0.1, 0.15) is 0 Å². The number of sulfonamides is 1. The molecule has 96 valence electrons. The van der Waals surface area contributed by atoms with Crippen LogP contribution in [0.4, 0.5) is 5.69 Å². The molecule has 0 amide bonds. The van der Waals surface area contributed by atoms with Crippen LogP contribution >= 0.6 is 11.6 Å². The van der Waals surface area contributed by atoms with Gasteiger partial charge in [-0.25, -0.2) is 13.1 Å². The normalized spacial score (nSPS) is 13.6. The van der Waals surface area contributed by atoms with Crippen LogP contribution in [0, 0.1) is 5.92 Å². The molecular formula is C10H15ClN2O3S. The van der Waals surface area contributed by atoms with Crippen molar-refractivity contribution in [2.75, 3.05) is 18.9 Å². The lowest BCUT2D eigenvalue weighted by Crippen LogP contribution is -2.29. The molecule has 0 aliphatic rings. The van der Waals surface area contributed by atoms with Gasteiger partial charge in [-0.15, -0.1) is 0 Å². The summed E-state index contributed by atoms with van der Waals surface area (Å²) in [5, 5.41) is 9.12. The first-order valence-corrected chi connectivity index (χ1v) is 6.88. The second-order valence-corrected chi connectivity index (χ2v) is 6.00. The van der Waals surface area contributed by atoms with Crippen LogP contribution in [0.5, 0.6) is 0 Å². The molecule has 0 aliphatic heterocycles. The van der Waals surface area contributed by atoms with E-state index in [0.29, 0.717) is 5.02 Å². The number of nitrogen functional groups attached to an aromatic ring is 1. The number of aliphatic hydroxyl groups is 1. The van der Waals surface area contributed by atoms with E-state index in [1.165, 1.54) is 18.2 Å². The standard InChI is InChI=1S/C10H15ClN2O3S/c1-7(6-14)5-13-17(15,16)8-2-3-9(11)10(12)4-8/h2-4,7,13-14H,5-6,12H2,1H3. The van der Waals surface area contributed by atoms with E-state index in [0.717, 1.165) is 0 Å². The van der Waals surface area contributed by atoms with Crippen LogP contribution in [0.25, 0.3) is 0 Å². The van der Waals surface area contributed by atoms with Gasteiger partial charge in [-0.05, 0) is 24.1 Å². The van der Waals surface area contributed by atoms with Gasteiger partial charge in [-0.2, -0.15) is 0 Å². The summed E-state index contributed by atoms with van der Waals surface area (Å²) in [5.74, 6) is -0.144. The zero-order valence-electron chi connectivity index (χ0n) is 9.35. The van der Waals surface area contributed by atoms with Gasteiger partial charge in [-0.1, -0.05) is 18.5 Å². The van der Waals surface area contributed by atoms with Gasteiger partial charge in [0.25, 0.3) is 0 Å². The third kappa shape index (κ3) is 3.85. The molecule has 1 aromatic carbocycles. The molecule has 0 saturated heterocycles. The maximum atomic E-state index is 11.8. The molecule has 0 heterocycles. The number of anilines is 1. The van der Waals surface area contributed by atoms with Crippen LogP contribution in [0.2, 0.25) is 5.02 Å². The molecule has 0 aliphatic carbocycles. The fourth-order valence-electron chi connectivity index (χ4n) is 1.09. The third-order valence-corrected chi connectivity index (χ3v) is 3.98. The summed E-state index contributed by atoms with van der Waals surface area (Å²) in [6.45, 7) is 1.82. The Balaban J connectivity index is 2.86. The second kappa shape index (κ2) is 5.68. The third-order valence-electron chi connectivity index (χ3n) is 2.21. The number of nitrogens with two attached hydrogens (primary N) is 1. The first kappa shape index (κ1) is 14.2. The van der Waals surface area contributed by atoms with Crippen molar-refractivity contribution in [3.63, 3.8) is 0 Å². The van der Waals surface area contributed by atoms with Crippen molar-refractivity contribution < 1.29 is 13.5 Å². The van der Waals surface area contributed by atoms with E-state index in [4.69, 9.17) is 22.4 Å². The molecule has 17 heavy (non-hydrogen) atoms. The Morgan fingerprint density at radius 3 is 2.71 bits per heavy atom. The van der Waals surface area contributed by atoms with E-state index < -0.39 is 10.0 Å². The molecule has 0 aromatic heterocycles. The summed E-state index contributed by atoms with van der Waals surface area (Å²) in [4.78, 5) is 0.0598. The minimum Gasteiger partial charge on any atom is -0.397 e. The highest BCUT2D eigenvalue weighted by Crippen LogP contribution is 2.22. The molecule has 1 unspecified atom stereocenters. The maximum absolute atomic E-state index is 11.8. The van der Waals surface area contributed by atoms with Crippen LogP contribution in [-0.2, 0) is 10.0 Å². The lowest BCUT2D eigenvalue weighted by Gasteiger charge is -2.11. The van der Waals surface area contributed by atoms with E-state index in [9.17, 15) is 8.42 Å². The summed E-state index contributed by atoms with van der Waals surface area (Å²) in [7, 11) is -3.60. The Hall–Kier alpha value is -0.820. The van der Waals surface area contributed by atoms with Gasteiger partial charge in [0, 0.05) is 13.2 Å². The number of hydrogen-bond donors (Lipinski definition) is 3. The minimum absolute atomic E-state index is 0.0598. The highest BCUT2D eigenvalue weighted by Gasteiger charge is 2.15. The monoisotopic (exact) mass is 278 g/mol. The molecule has 1 rings (SSSR count). The molecule has 0 fully saturated rings. The van der Waals surface area contributed by atoms with Crippen molar-refractivity contribution in [1.82, 2.24) is 4.72 Å². The van der Waals surface area contributed by atoms with Crippen molar-refractivity contribution in [2.24, 2.45) is 5.92 Å². The number of benzene rings is 1. The van der Waals surface area contributed by atoms with Gasteiger partial charge >= 0.3 is 0 Å². The van der Waals surface area contributed by atoms with Gasteiger partial charge in [0.2, 0.25) is 10.0 Å². The average Bonchev–Trinajstić information content (AvgIpc) is 2.29. The average molecular weight is 279 g/mol. The van der Waals surface area contributed by atoms with Crippen molar-refractivity contribution in [3.05, 3.63) is 23.2 Å². The van der Waals surface area contributed by atoms with Gasteiger partial charge in [-0.3, -0.25) is 0 Å². The summed E-state index contributed by atoms with van der Waals surface area (Å²) in [5.41, 5.74) is 5.75. The van der Waals surface area contributed by atoms with E-state index in [1.54, 1.807) is 6.92 Å². The SMILES string of the molecule is CC(CO)CNS(=O)(=O)c1ccc(Cl)c(N)c1. The van der Waals surface area contributed by atoms with Crippen LogP contribution in [0.3, 0.4) is 0 Å². The molecule has 4 N–H and O–H groups in total. The molecule has 0 bridgehead atoms. The fourth-order valence-corrected chi connectivity index (χ4v) is 2.41. The zero-order valence-corrected chi connectivity index (χ0v) is 10.9. The molecule has 1 aromatic rings. The Labute approximate surface area is 106 Å². The maximum Gasteiger partial charge on any atom is 0.240 e. The summed E-state index contributed by atoms with van der Waals surface area (Å²) < 4.78 is 26.0. The highest BCUT2D eigenvalue weighted by atomic mass is 35.5. The van der Waals surface area contributed by atoms with Crippen molar-refractivity contribution in [3.8, 4) is 0 Å². The number of aliphatic hydroxyl groups excluding tert-OH is 1. The Bertz CT molecular complexity index is 490. The van der Waals surface area contributed by atoms with Crippen LogP contribution < -0.4 is 10.5 Å². The fraction of sp³-hybridized carbons (Fsp3) is 0.400. The number of hydrogen-bond acceptors (Lipinski definition) is 4. The highest BCUT2D eigenvalue weighted by molar-refractivity contribution is 7.89. The second-order valence-electron chi connectivity index (χ2n) is 3.82. The first-order chi connectivity index (χ1) is 7.86. The smallest absolute Gasteiger partial charge is 0.240 e. The van der Waals surface area contributed by atoms with Gasteiger partial charge in [0.05, 0.1) is 15.6 Å². The molecule has 0 saturated carbocycles. The van der Waals surface area contributed by atoms with E-state index in [2.05, 4.69) is 4.72 Å². The molecule has 0 spiro atoms. The zero-order chi connectivity index (χ0) is 13.1. The molecule has 1 atom stereocenters. The number of rotatable bonds is 5. The van der Waals surface area contributed by atoms with Crippen LogP contribution in [-0.4, -0.2) is 26.7 Å². The number of nitrogens with one attached hydrogen (secondary N) is 1. The van der Waals surface area contributed by atoms with Crippen molar-refractivity contribution in [2.45, 2.75) is 11.8 Å². The summed E-state index contributed by atoms with van der Waals surface area (Å²) >= 11 is 5.71.